The van der Waals surface area contributed by atoms with Crippen LogP contribution in [0.5, 0.6) is 0 Å². The molecule has 0 aliphatic rings. The molecule has 3 aromatic rings. The van der Waals surface area contributed by atoms with Crippen molar-refractivity contribution in [2.24, 2.45) is 0 Å². The van der Waals surface area contributed by atoms with E-state index < -0.39 is 0 Å². The van der Waals surface area contributed by atoms with E-state index in [1.54, 1.807) is 6.20 Å². The van der Waals surface area contributed by atoms with Gasteiger partial charge in [0.15, 0.2) is 0 Å². The molecule has 0 aliphatic heterocycles. The Morgan fingerprint density at radius 3 is 2.78 bits per heavy atom. The maximum Gasteiger partial charge on any atom is 0.222 e. The Hall–Kier alpha value is -2.04. The fourth-order valence-corrected chi connectivity index (χ4v) is 2.77. The highest BCUT2D eigenvalue weighted by atomic mass is 35.5. The number of carbonyl (C=O) groups is 1. The lowest BCUT2D eigenvalue weighted by molar-refractivity contribution is -0.121. The standard InChI is InChI=1S/C17H15Cl2N3O/c18-14-3-1-2-12(8-14)10-20-17(23)6-7-22-16-5-4-15(19)9-13(16)11-21-22/h1-5,8-9,11H,6-7,10H2,(H,20,23). The monoisotopic (exact) mass is 347 g/mol. The van der Waals surface area contributed by atoms with Crippen LogP contribution in [0.25, 0.3) is 10.9 Å². The zero-order valence-corrected chi connectivity index (χ0v) is 13.8. The average Bonchev–Trinajstić information content (AvgIpc) is 2.93. The van der Waals surface area contributed by atoms with Gasteiger partial charge in [0.2, 0.25) is 5.91 Å². The number of hydrogen-bond acceptors (Lipinski definition) is 2. The van der Waals surface area contributed by atoms with Crippen LogP contribution in [0.4, 0.5) is 0 Å². The van der Waals surface area contributed by atoms with Crippen molar-refractivity contribution in [3.05, 3.63) is 64.3 Å². The van der Waals surface area contributed by atoms with Crippen molar-refractivity contribution in [1.29, 1.82) is 0 Å². The van der Waals surface area contributed by atoms with E-state index in [2.05, 4.69) is 10.4 Å². The van der Waals surface area contributed by atoms with Crippen LogP contribution >= 0.6 is 23.2 Å². The van der Waals surface area contributed by atoms with Gasteiger partial charge in [-0.15, -0.1) is 0 Å². The van der Waals surface area contributed by atoms with E-state index >= 15 is 0 Å². The first kappa shape index (κ1) is 15.8. The SMILES string of the molecule is O=C(CCn1ncc2cc(Cl)ccc21)NCc1cccc(Cl)c1. The van der Waals surface area contributed by atoms with E-state index in [0.29, 0.717) is 29.6 Å². The predicted octanol–water partition coefficient (Wildman–Crippen LogP) is 4.05. The van der Waals surface area contributed by atoms with Crippen molar-refractivity contribution in [3.63, 3.8) is 0 Å². The van der Waals surface area contributed by atoms with Gasteiger partial charge in [0.1, 0.15) is 0 Å². The Balaban J connectivity index is 1.56. The summed E-state index contributed by atoms with van der Waals surface area (Å²) in [5, 5.41) is 9.50. The molecular weight excluding hydrogens is 333 g/mol. The van der Waals surface area contributed by atoms with E-state index in [9.17, 15) is 4.79 Å². The first-order chi connectivity index (χ1) is 11.1. The number of carbonyl (C=O) groups excluding carboxylic acids is 1. The molecule has 6 heteroatoms. The van der Waals surface area contributed by atoms with Crippen LogP contribution in [-0.2, 0) is 17.9 Å². The van der Waals surface area contributed by atoms with Crippen LogP contribution in [0.3, 0.4) is 0 Å². The molecule has 0 aliphatic carbocycles. The summed E-state index contributed by atoms with van der Waals surface area (Å²) in [5.41, 5.74) is 1.95. The summed E-state index contributed by atoms with van der Waals surface area (Å²) >= 11 is 11.9. The van der Waals surface area contributed by atoms with Crippen molar-refractivity contribution in [1.82, 2.24) is 15.1 Å². The lowest BCUT2D eigenvalue weighted by atomic mass is 10.2. The van der Waals surface area contributed by atoms with Gasteiger partial charge in [0.05, 0.1) is 18.3 Å². The van der Waals surface area contributed by atoms with Gasteiger partial charge in [-0.1, -0.05) is 35.3 Å². The number of nitrogens with one attached hydrogen (secondary N) is 1. The molecule has 3 rings (SSSR count). The van der Waals surface area contributed by atoms with Crippen LogP contribution < -0.4 is 5.32 Å². The largest absolute Gasteiger partial charge is 0.352 e. The number of fused-ring (bicyclic) bond motifs is 1. The third-order valence-electron chi connectivity index (χ3n) is 3.53. The lowest BCUT2D eigenvalue weighted by Crippen LogP contribution is -2.24. The number of amides is 1. The fraction of sp³-hybridized carbons (Fsp3) is 0.176. The second kappa shape index (κ2) is 7.02. The Bertz CT molecular complexity index is 845. The molecule has 118 valence electrons. The number of hydrogen-bond donors (Lipinski definition) is 1. The highest BCUT2D eigenvalue weighted by Gasteiger charge is 2.06. The quantitative estimate of drug-likeness (QED) is 0.756. The number of aryl methyl sites for hydroxylation is 1. The number of halogens is 2. The number of nitrogens with zero attached hydrogens (tertiary/aromatic N) is 2. The summed E-state index contributed by atoms with van der Waals surface area (Å²) in [6.07, 6.45) is 2.12. The van der Waals surface area contributed by atoms with Gasteiger partial charge in [-0.2, -0.15) is 5.10 Å². The molecule has 0 fully saturated rings. The first-order valence-corrected chi connectivity index (χ1v) is 7.99. The number of aromatic nitrogens is 2. The highest BCUT2D eigenvalue weighted by molar-refractivity contribution is 6.31. The topological polar surface area (TPSA) is 46.9 Å². The van der Waals surface area contributed by atoms with Crippen molar-refractivity contribution in [2.75, 3.05) is 0 Å². The average molecular weight is 348 g/mol. The van der Waals surface area contributed by atoms with Crippen molar-refractivity contribution in [2.45, 2.75) is 19.5 Å². The van der Waals surface area contributed by atoms with E-state index in [-0.39, 0.29) is 5.91 Å². The van der Waals surface area contributed by atoms with Gasteiger partial charge >= 0.3 is 0 Å². The molecular formula is C17H15Cl2N3O. The first-order valence-electron chi connectivity index (χ1n) is 7.24. The number of benzene rings is 2. The maximum atomic E-state index is 12.0. The normalized spacial score (nSPS) is 10.9. The second-order valence-electron chi connectivity index (χ2n) is 5.23. The molecule has 0 saturated carbocycles. The lowest BCUT2D eigenvalue weighted by Gasteiger charge is -2.07. The minimum Gasteiger partial charge on any atom is -0.352 e. The zero-order chi connectivity index (χ0) is 16.2. The molecule has 1 amide bonds. The van der Waals surface area contributed by atoms with E-state index in [4.69, 9.17) is 23.2 Å². The summed E-state index contributed by atoms with van der Waals surface area (Å²) in [4.78, 5) is 12.0. The molecule has 0 atom stereocenters. The third-order valence-corrected chi connectivity index (χ3v) is 4.00. The predicted molar refractivity (Wildman–Crippen MR) is 92.7 cm³/mol. The van der Waals surface area contributed by atoms with Crippen LogP contribution in [0, 0.1) is 0 Å². The van der Waals surface area contributed by atoms with Crippen LogP contribution in [0.1, 0.15) is 12.0 Å². The summed E-state index contributed by atoms with van der Waals surface area (Å²) < 4.78 is 1.81. The molecule has 0 unspecified atom stereocenters. The summed E-state index contributed by atoms with van der Waals surface area (Å²) in [6.45, 7) is 0.987. The second-order valence-corrected chi connectivity index (χ2v) is 6.10. The molecule has 1 aromatic heterocycles. The van der Waals surface area contributed by atoms with Crippen molar-refractivity contribution >= 4 is 40.0 Å². The van der Waals surface area contributed by atoms with Crippen molar-refractivity contribution < 1.29 is 4.79 Å². The molecule has 1 heterocycles. The fourth-order valence-electron chi connectivity index (χ4n) is 2.38. The molecule has 0 radical (unpaired) electrons. The molecule has 0 spiro atoms. The van der Waals surface area contributed by atoms with E-state index in [1.165, 1.54) is 0 Å². The van der Waals surface area contributed by atoms with E-state index in [0.717, 1.165) is 16.5 Å². The van der Waals surface area contributed by atoms with Gasteiger partial charge in [-0.3, -0.25) is 9.48 Å². The molecule has 0 bridgehead atoms. The van der Waals surface area contributed by atoms with Gasteiger partial charge in [0.25, 0.3) is 0 Å². The molecule has 2 aromatic carbocycles. The summed E-state index contributed by atoms with van der Waals surface area (Å²) in [7, 11) is 0. The molecule has 4 nitrogen and oxygen atoms in total. The van der Waals surface area contributed by atoms with Gasteiger partial charge in [-0.25, -0.2) is 0 Å². The smallest absolute Gasteiger partial charge is 0.222 e. The van der Waals surface area contributed by atoms with Crippen LogP contribution in [-0.4, -0.2) is 15.7 Å². The minimum absolute atomic E-state index is 0.0254. The maximum absolute atomic E-state index is 12.0. The molecule has 23 heavy (non-hydrogen) atoms. The van der Waals surface area contributed by atoms with Gasteiger partial charge in [-0.05, 0) is 35.9 Å². The highest BCUT2D eigenvalue weighted by Crippen LogP contribution is 2.19. The minimum atomic E-state index is -0.0254. The Labute approximate surface area is 144 Å². The summed E-state index contributed by atoms with van der Waals surface area (Å²) in [6, 6.07) is 13.0. The third kappa shape index (κ3) is 4.03. The van der Waals surface area contributed by atoms with E-state index in [1.807, 2.05) is 47.1 Å². The Kier molecular flexibility index (Phi) is 4.84. The Morgan fingerprint density at radius 1 is 1.13 bits per heavy atom. The van der Waals surface area contributed by atoms with Crippen LogP contribution in [0.15, 0.2) is 48.7 Å². The van der Waals surface area contributed by atoms with Crippen LogP contribution in [0.2, 0.25) is 10.0 Å². The molecule has 0 saturated heterocycles. The van der Waals surface area contributed by atoms with Gasteiger partial charge in [0, 0.05) is 28.4 Å². The van der Waals surface area contributed by atoms with Crippen molar-refractivity contribution in [3.8, 4) is 0 Å². The van der Waals surface area contributed by atoms with Gasteiger partial charge < -0.3 is 5.32 Å². The summed E-state index contributed by atoms with van der Waals surface area (Å²) in [5.74, 6) is -0.0254. The zero-order valence-electron chi connectivity index (χ0n) is 12.3. The molecule has 1 N–H and O–H groups in total. The number of rotatable bonds is 5. The Morgan fingerprint density at radius 2 is 1.96 bits per heavy atom.